The topological polar surface area (TPSA) is 58.2 Å². The number of nitrogens with one attached hydrogen (secondary N) is 2. The molecular weight excluding hydrogens is 248 g/mol. The summed E-state index contributed by atoms with van der Waals surface area (Å²) in [5, 5.41) is 5.59. The Morgan fingerprint density at radius 3 is 2.33 bits per heavy atom. The van der Waals surface area contributed by atoms with Crippen LogP contribution in [0.3, 0.4) is 0 Å². The molecule has 0 spiro atoms. The molecule has 18 heavy (non-hydrogen) atoms. The molecule has 1 aromatic carbocycles. The van der Waals surface area contributed by atoms with Gasteiger partial charge in [0.15, 0.2) is 0 Å². The molecule has 0 aliphatic heterocycles. The number of rotatable bonds is 6. The molecule has 0 radical (unpaired) electrons. The third-order valence-corrected chi connectivity index (χ3v) is 2.85. The maximum atomic E-state index is 11.3. The van der Waals surface area contributed by atoms with Gasteiger partial charge in [-0.3, -0.25) is 9.59 Å². The van der Waals surface area contributed by atoms with Crippen LogP contribution in [0.4, 0.5) is 0 Å². The second kappa shape index (κ2) is 7.76. The van der Waals surface area contributed by atoms with Gasteiger partial charge in [0.25, 0.3) is 0 Å². The van der Waals surface area contributed by atoms with Gasteiger partial charge in [0, 0.05) is 20.0 Å². The highest BCUT2D eigenvalue weighted by Crippen LogP contribution is 2.05. The van der Waals surface area contributed by atoms with Crippen LogP contribution in [0.1, 0.15) is 18.1 Å². The Morgan fingerprint density at radius 1 is 1.17 bits per heavy atom. The fraction of sp³-hybridized carbons (Fsp3) is 0.385. The van der Waals surface area contributed by atoms with E-state index in [1.165, 1.54) is 18.7 Å². The van der Waals surface area contributed by atoms with Crippen LogP contribution >= 0.6 is 11.8 Å². The third kappa shape index (κ3) is 5.72. The lowest BCUT2D eigenvalue weighted by atomic mass is 10.1. The van der Waals surface area contributed by atoms with Crippen LogP contribution in [0.5, 0.6) is 0 Å². The Kier molecular flexibility index (Phi) is 6.28. The van der Waals surface area contributed by atoms with E-state index in [9.17, 15) is 9.59 Å². The third-order valence-electron chi connectivity index (χ3n) is 2.30. The van der Waals surface area contributed by atoms with Gasteiger partial charge in [0.1, 0.15) is 0 Å². The minimum Gasteiger partial charge on any atom is -0.352 e. The average Bonchev–Trinajstić information content (AvgIpc) is 2.35. The lowest BCUT2D eigenvalue weighted by Gasteiger charge is -2.07. The summed E-state index contributed by atoms with van der Waals surface area (Å²) in [6, 6.07) is 7.81. The van der Waals surface area contributed by atoms with Gasteiger partial charge < -0.3 is 10.6 Å². The van der Waals surface area contributed by atoms with E-state index in [4.69, 9.17) is 0 Å². The van der Waals surface area contributed by atoms with Crippen LogP contribution in [0.2, 0.25) is 0 Å². The number of benzene rings is 1. The maximum absolute atomic E-state index is 11.3. The van der Waals surface area contributed by atoms with Crippen molar-refractivity contribution in [2.45, 2.75) is 20.0 Å². The predicted octanol–water partition coefficient (Wildman–Crippen LogP) is 1.30. The Bertz CT molecular complexity index is 421. The summed E-state index contributed by atoms with van der Waals surface area (Å²) >= 11 is 1.50. The molecule has 4 nitrogen and oxygen atoms in total. The minimum atomic E-state index is -0.0475. The molecule has 98 valence electrons. The Balaban J connectivity index is 2.48. The zero-order valence-electron chi connectivity index (χ0n) is 10.7. The molecule has 0 fully saturated rings. The summed E-state index contributed by atoms with van der Waals surface area (Å²) in [4.78, 5) is 22.1. The van der Waals surface area contributed by atoms with E-state index in [-0.39, 0.29) is 11.8 Å². The summed E-state index contributed by atoms with van der Waals surface area (Å²) in [5.74, 6) is 0.467. The Morgan fingerprint density at radius 2 is 1.78 bits per heavy atom. The maximum Gasteiger partial charge on any atom is 0.230 e. The molecule has 0 bridgehead atoms. The number of amides is 2. The minimum absolute atomic E-state index is 0.0368. The van der Waals surface area contributed by atoms with Gasteiger partial charge in [0.2, 0.25) is 11.8 Å². The second-order valence-corrected chi connectivity index (χ2v) is 4.81. The van der Waals surface area contributed by atoms with Gasteiger partial charge in [-0.1, -0.05) is 24.3 Å². The quantitative estimate of drug-likeness (QED) is 0.816. The largest absolute Gasteiger partial charge is 0.352 e. The monoisotopic (exact) mass is 266 g/mol. The van der Waals surface area contributed by atoms with Gasteiger partial charge in [-0.15, -0.1) is 0 Å². The van der Waals surface area contributed by atoms with E-state index in [0.717, 1.165) is 11.1 Å². The summed E-state index contributed by atoms with van der Waals surface area (Å²) in [5.41, 5.74) is 2.06. The molecule has 0 atom stereocenters. The summed E-state index contributed by atoms with van der Waals surface area (Å²) in [6.45, 7) is 2.53. The Hall–Kier alpha value is -1.49. The highest BCUT2D eigenvalue weighted by molar-refractivity contribution is 7.99. The van der Waals surface area contributed by atoms with Gasteiger partial charge in [-0.2, -0.15) is 11.8 Å². The molecule has 2 N–H and O–H groups in total. The molecule has 2 amide bonds. The smallest absolute Gasteiger partial charge is 0.230 e. The lowest BCUT2D eigenvalue weighted by molar-refractivity contribution is -0.119. The van der Waals surface area contributed by atoms with Crippen molar-refractivity contribution in [2.75, 3.05) is 12.0 Å². The van der Waals surface area contributed by atoms with Gasteiger partial charge in [0.05, 0.1) is 5.75 Å². The number of carbonyl (C=O) groups is 2. The normalized spacial score (nSPS) is 9.89. The molecule has 0 unspecified atom stereocenters. The fourth-order valence-electron chi connectivity index (χ4n) is 1.46. The van der Waals surface area contributed by atoms with E-state index in [1.807, 2.05) is 30.5 Å². The summed E-state index contributed by atoms with van der Waals surface area (Å²) in [6.07, 6.45) is 1.90. The number of thioether (sulfide) groups is 1. The van der Waals surface area contributed by atoms with E-state index in [1.54, 1.807) is 0 Å². The number of hydrogen-bond donors (Lipinski definition) is 2. The van der Waals surface area contributed by atoms with Gasteiger partial charge in [-0.05, 0) is 17.4 Å². The zero-order chi connectivity index (χ0) is 13.4. The molecular formula is C13H18N2O2S. The van der Waals surface area contributed by atoms with Crippen molar-refractivity contribution in [2.24, 2.45) is 0 Å². The van der Waals surface area contributed by atoms with Crippen molar-refractivity contribution in [3.63, 3.8) is 0 Å². The van der Waals surface area contributed by atoms with Crippen LogP contribution < -0.4 is 10.6 Å². The SMILES string of the molecule is CSCC(=O)NCc1cccc(CNC(C)=O)c1. The summed E-state index contributed by atoms with van der Waals surface area (Å²) in [7, 11) is 0. The van der Waals surface area contributed by atoms with Crippen molar-refractivity contribution in [1.82, 2.24) is 10.6 Å². The van der Waals surface area contributed by atoms with Crippen molar-refractivity contribution in [3.05, 3.63) is 35.4 Å². The second-order valence-electron chi connectivity index (χ2n) is 3.94. The van der Waals surface area contributed by atoms with E-state index in [2.05, 4.69) is 10.6 Å². The first-order valence-corrected chi connectivity index (χ1v) is 7.09. The zero-order valence-corrected chi connectivity index (χ0v) is 11.5. The summed E-state index contributed by atoms with van der Waals surface area (Å²) < 4.78 is 0. The fourth-order valence-corrected chi connectivity index (χ4v) is 1.82. The van der Waals surface area contributed by atoms with Crippen molar-refractivity contribution < 1.29 is 9.59 Å². The first-order chi connectivity index (χ1) is 8.61. The highest BCUT2D eigenvalue weighted by Gasteiger charge is 2.01. The molecule has 5 heteroatoms. The Labute approximate surface area is 112 Å². The lowest BCUT2D eigenvalue weighted by Crippen LogP contribution is -2.24. The van der Waals surface area contributed by atoms with Crippen molar-refractivity contribution >= 4 is 23.6 Å². The van der Waals surface area contributed by atoms with E-state index >= 15 is 0 Å². The standard InChI is InChI=1S/C13H18N2O2S/c1-10(16)14-7-11-4-3-5-12(6-11)8-15-13(17)9-18-2/h3-6H,7-9H2,1-2H3,(H,14,16)(H,15,17). The van der Waals surface area contributed by atoms with E-state index < -0.39 is 0 Å². The van der Waals surface area contributed by atoms with Crippen LogP contribution in [0.25, 0.3) is 0 Å². The molecule has 0 aliphatic carbocycles. The molecule has 0 aliphatic rings. The van der Waals surface area contributed by atoms with E-state index in [0.29, 0.717) is 18.8 Å². The van der Waals surface area contributed by atoms with Crippen LogP contribution in [-0.2, 0) is 22.7 Å². The number of hydrogen-bond acceptors (Lipinski definition) is 3. The van der Waals surface area contributed by atoms with Crippen molar-refractivity contribution in [3.8, 4) is 0 Å². The predicted molar refractivity (Wildman–Crippen MR) is 74.2 cm³/mol. The van der Waals surface area contributed by atoms with Crippen molar-refractivity contribution in [1.29, 1.82) is 0 Å². The van der Waals surface area contributed by atoms with Gasteiger partial charge >= 0.3 is 0 Å². The van der Waals surface area contributed by atoms with Crippen LogP contribution in [0.15, 0.2) is 24.3 Å². The first kappa shape index (κ1) is 14.6. The molecule has 0 saturated heterocycles. The molecule has 1 rings (SSSR count). The average molecular weight is 266 g/mol. The molecule has 0 heterocycles. The first-order valence-electron chi connectivity index (χ1n) is 5.69. The number of carbonyl (C=O) groups excluding carboxylic acids is 2. The molecule has 1 aromatic rings. The molecule has 0 aromatic heterocycles. The van der Waals surface area contributed by atoms with Crippen LogP contribution in [0, 0.1) is 0 Å². The highest BCUT2D eigenvalue weighted by atomic mass is 32.2. The van der Waals surface area contributed by atoms with Crippen LogP contribution in [-0.4, -0.2) is 23.8 Å². The van der Waals surface area contributed by atoms with Gasteiger partial charge in [-0.25, -0.2) is 0 Å². The molecule has 0 saturated carbocycles.